The lowest BCUT2D eigenvalue weighted by Gasteiger charge is -2.33. The standard InChI is InChI=1S/C32H26F9N7/c1-3-48(4-2)28-19-17-27(18-20-28)47-46-26-15-13-25(14-16-26)45-44-24-11-9-23(10-12-24)43-42-22-7-5-21(6-8-22)29(33,34)30(35,36)31(37,38)32(39,40)41/h5-20H,3-4H2,1-2H3. The van der Waals surface area contributed by atoms with Gasteiger partial charge in [-0.25, -0.2) is 0 Å². The zero-order chi connectivity index (χ0) is 35.2. The molecule has 252 valence electrons. The van der Waals surface area contributed by atoms with E-state index in [2.05, 4.69) is 49.4 Å². The van der Waals surface area contributed by atoms with Crippen molar-refractivity contribution < 1.29 is 39.5 Å². The Kier molecular flexibility index (Phi) is 10.6. The first-order valence-corrected chi connectivity index (χ1v) is 14.2. The van der Waals surface area contributed by atoms with Gasteiger partial charge in [-0.3, -0.25) is 0 Å². The molecule has 7 nitrogen and oxygen atoms in total. The Morgan fingerprint density at radius 2 is 0.688 bits per heavy atom. The molecular formula is C32H26F9N7. The molecule has 0 saturated heterocycles. The quantitative estimate of drug-likeness (QED) is 0.108. The summed E-state index contributed by atoms with van der Waals surface area (Å²) in [5.41, 5.74) is 1.73. The fourth-order valence-electron chi connectivity index (χ4n) is 4.13. The number of nitrogens with zero attached hydrogens (tertiary/aromatic N) is 7. The van der Waals surface area contributed by atoms with Gasteiger partial charge in [0.25, 0.3) is 0 Å². The van der Waals surface area contributed by atoms with E-state index in [0.717, 1.165) is 18.8 Å². The minimum Gasteiger partial charge on any atom is -0.372 e. The highest BCUT2D eigenvalue weighted by atomic mass is 19.4. The molecule has 0 amide bonds. The Labute approximate surface area is 268 Å². The van der Waals surface area contributed by atoms with Gasteiger partial charge in [-0.05, 0) is 98.8 Å². The topological polar surface area (TPSA) is 77.4 Å². The molecule has 0 N–H and O–H groups in total. The Morgan fingerprint density at radius 1 is 0.417 bits per heavy atom. The SMILES string of the molecule is CCN(CC)c1ccc(N=Nc2ccc(N=Nc3ccc(N=Nc4ccc(C(F)(F)C(F)(F)C(F)(F)C(F)(F)F)cc4)cc3)cc2)cc1. The molecule has 0 bridgehead atoms. The van der Waals surface area contributed by atoms with Crippen molar-refractivity contribution >= 4 is 39.8 Å². The summed E-state index contributed by atoms with van der Waals surface area (Å²) in [5.74, 6) is -19.6. The molecule has 0 heterocycles. The average molecular weight is 680 g/mol. The van der Waals surface area contributed by atoms with Crippen molar-refractivity contribution in [2.75, 3.05) is 18.0 Å². The van der Waals surface area contributed by atoms with Gasteiger partial charge in [0.05, 0.1) is 34.1 Å². The molecule has 0 aliphatic carbocycles. The number of benzene rings is 4. The molecule has 4 rings (SSSR count). The smallest absolute Gasteiger partial charge is 0.372 e. The largest absolute Gasteiger partial charge is 0.460 e. The van der Waals surface area contributed by atoms with Gasteiger partial charge < -0.3 is 4.90 Å². The lowest BCUT2D eigenvalue weighted by atomic mass is 9.96. The summed E-state index contributed by atoms with van der Waals surface area (Å²) >= 11 is 0. The third-order valence-corrected chi connectivity index (χ3v) is 6.90. The lowest BCUT2D eigenvalue weighted by Crippen LogP contribution is -2.59. The minimum atomic E-state index is -6.98. The van der Waals surface area contributed by atoms with Crippen LogP contribution in [-0.2, 0) is 5.92 Å². The molecule has 48 heavy (non-hydrogen) atoms. The van der Waals surface area contributed by atoms with Gasteiger partial charge in [0.15, 0.2) is 0 Å². The van der Waals surface area contributed by atoms with Crippen LogP contribution >= 0.6 is 0 Å². The van der Waals surface area contributed by atoms with Crippen molar-refractivity contribution in [3.8, 4) is 0 Å². The number of halogens is 9. The van der Waals surface area contributed by atoms with E-state index in [1.807, 2.05) is 24.3 Å². The summed E-state index contributed by atoms with van der Waals surface area (Å²) in [7, 11) is 0. The van der Waals surface area contributed by atoms with E-state index >= 15 is 0 Å². The number of hydrogen-bond acceptors (Lipinski definition) is 7. The molecule has 0 atom stereocenters. The van der Waals surface area contributed by atoms with Crippen LogP contribution in [0, 0.1) is 0 Å². The van der Waals surface area contributed by atoms with Crippen LogP contribution in [0.3, 0.4) is 0 Å². The molecule has 4 aromatic carbocycles. The van der Waals surface area contributed by atoms with E-state index in [1.165, 1.54) is 12.1 Å². The zero-order valence-corrected chi connectivity index (χ0v) is 25.2. The number of rotatable bonds is 12. The first-order valence-electron chi connectivity index (χ1n) is 14.2. The highest BCUT2D eigenvalue weighted by Crippen LogP contribution is 2.56. The zero-order valence-electron chi connectivity index (χ0n) is 25.2. The summed E-state index contributed by atoms with van der Waals surface area (Å²) < 4.78 is 119. The van der Waals surface area contributed by atoms with Gasteiger partial charge in [-0.15, -0.1) is 0 Å². The van der Waals surface area contributed by atoms with Gasteiger partial charge in [0.1, 0.15) is 0 Å². The molecule has 0 aromatic heterocycles. The highest BCUT2D eigenvalue weighted by molar-refractivity contribution is 5.53. The number of alkyl halides is 9. The summed E-state index contributed by atoms with van der Waals surface area (Å²) in [5, 5.41) is 24.3. The first kappa shape index (κ1) is 35.7. The van der Waals surface area contributed by atoms with E-state index in [9.17, 15) is 39.5 Å². The third kappa shape index (κ3) is 7.86. The maximum atomic E-state index is 14.1. The Balaban J connectivity index is 1.34. The summed E-state index contributed by atoms with van der Waals surface area (Å²) in [6.45, 7) is 5.99. The van der Waals surface area contributed by atoms with Crippen molar-refractivity contribution in [3.05, 3.63) is 103 Å². The molecule has 0 aliphatic heterocycles. The Bertz CT molecular complexity index is 1730. The van der Waals surface area contributed by atoms with Crippen molar-refractivity contribution in [2.24, 2.45) is 30.7 Å². The molecule has 16 heteroatoms. The molecule has 0 fully saturated rings. The van der Waals surface area contributed by atoms with Gasteiger partial charge in [-0.2, -0.15) is 70.2 Å². The third-order valence-electron chi connectivity index (χ3n) is 6.90. The van der Waals surface area contributed by atoms with Crippen LogP contribution in [-0.4, -0.2) is 31.1 Å². The Hall–Kier alpha value is -5.15. The first-order chi connectivity index (χ1) is 22.6. The number of azo groups is 3. The van der Waals surface area contributed by atoms with E-state index in [0.29, 0.717) is 34.9 Å². The second kappa shape index (κ2) is 14.3. The monoisotopic (exact) mass is 679 g/mol. The van der Waals surface area contributed by atoms with Crippen LogP contribution in [0.4, 0.5) is 79.3 Å². The second-order valence-electron chi connectivity index (χ2n) is 10.1. The van der Waals surface area contributed by atoms with Crippen LogP contribution in [0.15, 0.2) is 128 Å². The van der Waals surface area contributed by atoms with Gasteiger partial charge >= 0.3 is 23.9 Å². The average Bonchev–Trinajstić information content (AvgIpc) is 3.07. The van der Waals surface area contributed by atoms with Gasteiger partial charge in [-0.1, -0.05) is 12.1 Å². The Morgan fingerprint density at radius 3 is 0.958 bits per heavy atom. The molecular weight excluding hydrogens is 653 g/mol. The van der Waals surface area contributed by atoms with Crippen molar-refractivity contribution in [2.45, 2.75) is 37.8 Å². The summed E-state index contributed by atoms with van der Waals surface area (Å²) in [6, 6.07) is 22.6. The van der Waals surface area contributed by atoms with Crippen LogP contribution < -0.4 is 4.90 Å². The molecule has 0 unspecified atom stereocenters. The molecule has 0 aliphatic rings. The summed E-state index contributed by atoms with van der Waals surface area (Å²) in [6.07, 6.45) is -6.90. The highest BCUT2D eigenvalue weighted by Gasteiger charge is 2.82. The number of hydrogen-bond donors (Lipinski definition) is 0. The van der Waals surface area contributed by atoms with Crippen LogP contribution in [0.1, 0.15) is 19.4 Å². The minimum absolute atomic E-state index is 0.166. The predicted octanol–water partition coefficient (Wildman–Crippen LogP) is 12.7. The maximum Gasteiger partial charge on any atom is 0.460 e. The van der Waals surface area contributed by atoms with Crippen molar-refractivity contribution in [1.29, 1.82) is 0 Å². The maximum absolute atomic E-state index is 14.1. The van der Waals surface area contributed by atoms with Crippen molar-refractivity contribution in [3.63, 3.8) is 0 Å². The number of anilines is 1. The van der Waals surface area contributed by atoms with E-state index < -0.39 is 29.5 Å². The summed E-state index contributed by atoms with van der Waals surface area (Å²) in [4.78, 5) is 2.22. The second-order valence-corrected chi connectivity index (χ2v) is 10.1. The van der Waals surface area contributed by atoms with E-state index in [4.69, 9.17) is 0 Å². The van der Waals surface area contributed by atoms with E-state index in [-0.39, 0.29) is 23.5 Å². The fraction of sp³-hybridized carbons (Fsp3) is 0.250. The molecule has 0 spiro atoms. The lowest BCUT2D eigenvalue weighted by molar-refractivity contribution is -0.399. The molecule has 4 aromatic rings. The van der Waals surface area contributed by atoms with Crippen LogP contribution in [0.2, 0.25) is 0 Å². The van der Waals surface area contributed by atoms with E-state index in [1.54, 1.807) is 36.4 Å². The molecule has 0 saturated carbocycles. The van der Waals surface area contributed by atoms with Crippen LogP contribution in [0.25, 0.3) is 0 Å². The normalized spacial score (nSPS) is 13.2. The van der Waals surface area contributed by atoms with Gasteiger partial charge in [0.2, 0.25) is 0 Å². The van der Waals surface area contributed by atoms with Gasteiger partial charge in [0, 0.05) is 24.3 Å². The van der Waals surface area contributed by atoms with Crippen LogP contribution in [0.5, 0.6) is 0 Å². The van der Waals surface area contributed by atoms with Crippen molar-refractivity contribution in [1.82, 2.24) is 0 Å². The predicted molar refractivity (Wildman–Crippen MR) is 162 cm³/mol. The fourth-order valence-corrected chi connectivity index (χ4v) is 4.13. The molecule has 0 radical (unpaired) electrons.